The highest BCUT2D eigenvalue weighted by Gasteiger charge is 2.19. The van der Waals surface area contributed by atoms with Crippen molar-refractivity contribution in [2.75, 3.05) is 12.4 Å². The Morgan fingerprint density at radius 3 is 2.68 bits per heavy atom. The topological polar surface area (TPSA) is 79.9 Å². The lowest BCUT2D eigenvalue weighted by Gasteiger charge is -2.13. The summed E-state index contributed by atoms with van der Waals surface area (Å²) in [5.41, 5.74) is 2.74. The molecule has 1 aromatic heterocycles. The van der Waals surface area contributed by atoms with Crippen molar-refractivity contribution in [2.24, 2.45) is 0 Å². The summed E-state index contributed by atoms with van der Waals surface area (Å²) < 4.78 is 6.82. The van der Waals surface area contributed by atoms with E-state index < -0.39 is 6.09 Å². The summed E-state index contributed by atoms with van der Waals surface area (Å²) in [5.74, 6) is 0.561. The van der Waals surface area contributed by atoms with Gasteiger partial charge in [0, 0.05) is 23.0 Å². The SMILES string of the molecule is CCC(CC)OC(=O)n1nc(NC)c2cc(-c3cc(C#N)ccc3Cl)ccc21. The number of anilines is 1. The minimum Gasteiger partial charge on any atom is -0.445 e. The quantitative estimate of drug-likeness (QED) is 0.620. The van der Waals surface area contributed by atoms with E-state index in [9.17, 15) is 4.79 Å². The third-order valence-electron chi connectivity index (χ3n) is 4.67. The fourth-order valence-electron chi connectivity index (χ4n) is 3.07. The molecule has 0 bridgehead atoms. The van der Waals surface area contributed by atoms with E-state index in [2.05, 4.69) is 16.5 Å². The molecule has 0 radical (unpaired) electrons. The standard InChI is InChI=1S/C21H21ClN4O2/c1-4-15(5-2)28-21(27)26-19-9-7-14(11-17(19)20(24-3)25-26)16-10-13(12-23)6-8-18(16)22/h6-11,15H,4-5H2,1-3H3,(H,24,25). The molecule has 28 heavy (non-hydrogen) atoms. The third-order valence-corrected chi connectivity index (χ3v) is 5.00. The van der Waals surface area contributed by atoms with Gasteiger partial charge in [-0.05, 0) is 48.7 Å². The molecule has 3 aromatic rings. The number of hydrogen-bond acceptors (Lipinski definition) is 5. The van der Waals surface area contributed by atoms with Crippen LogP contribution in [0.25, 0.3) is 22.0 Å². The first kappa shape index (κ1) is 19.7. The van der Waals surface area contributed by atoms with Gasteiger partial charge in [0.25, 0.3) is 0 Å². The summed E-state index contributed by atoms with van der Waals surface area (Å²) in [5, 5.41) is 17.9. The zero-order valence-corrected chi connectivity index (χ0v) is 16.7. The number of aromatic nitrogens is 2. The van der Waals surface area contributed by atoms with Gasteiger partial charge in [0.2, 0.25) is 0 Å². The number of fused-ring (bicyclic) bond motifs is 1. The Morgan fingerprint density at radius 2 is 2.04 bits per heavy atom. The molecule has 1 N–H and O–H groups in total. The summed E-state index contributed by atoms with van der Waals surface area (Å²) in [6, 6.07) is 12.8. The second kappa shape index (κ2) is 8.32. The second-order valence-electron chi connectivity index (χ2n) is 6.37. The van der Waals surface area contributed by atoms with Gasteiger partial charge in [0.1, 0.15) is 6.10 Å². The summed E-state index contributed by atoms with van der Waals surface area (Å²) in [6.07, 6.45) is 0.852. The summed E-state index contributed by atoms with van der Waals surface area (Å²) in [4.78, 5) is 12.6. The fraction of sp³-hybridized carbons (Fsp3) is 0.286. The molecule has 0 saturated carbocycles. The summed E-state index contributed by atoms with van der Waals surface area (Å²) in [7, 11) is 1.74. The van der Waals surface area contributed by atoms with Crippen LogP contribution in [0.2, 0.25) is 5.02 Å². The lowest BCUT2D eigenvalue weighted by atomic mass is 10.0. The van der Waals surface area contributed by atoms with Crippen molar-refractivity contribution in [3.05, 3.63) is 47.0 Å². The molecule has 0 fully saturated rings. The van der Waals surface area contributed by atoms with Crippen LogP contribution >= 0.6 is 11.6 Å². The Hall–Kier alpha value is -3.04. The number of nitrogens with one attached hydrogen (secondary N) is 1. The zero-order valence-electron chi connectivity index (χ0n) is 16.0. The molecule has 144 valence electrons. The Kier molecular flexibility index (Phi) is 5.86. The third kappa shape index (κ3) is 3.67. The smallest absolute Gasteiger partial charge is 0.435 e. The minimum absolute atomic E-state index is 0.142. The predicted octanol–water partition coefficient (Wildman–Crippen LogP) is 5.44. The van der Waals surface area contributed by atoms with Crippen molar-refractivity contribution in [2.45, 2.75) is 32.8 Å². The molecular formula is C21H21ClN4O2. The maximum absolute atomic E-state index is 12.6. The fourth-order valence-corrected chi connectivity index (χ4v) is 3.30. The molecule has 2 aromatic carbocycles. The van der Waals surface area contributed by atoms with Gasteiger partial charge in [-0.2, -0.15) is 9.94 Å². The first-order valence-electron chi connectivity index (χ1n) is 9.13. The minimum atomic E-state index is -0.502. The molecule has 0 aliphatic carbocycles. The number of hydrogen-bond donors (Lipinski definition) is 1. The molecule has 0 unspecified atom stereocenters. The lowest BCUT2D eigenvalue weighted by molar-refractivity contribution is 0.0925. The highest BCUT2D eigenvalue weighted by atomic mass is 35.5. The molecule has 0 atom stereocenters. The van der Waals surface area contributed by atoms with Crippen molar-refractivity contribution in [1.29, 1.82) is 5.26 Å². The first-order valence-corrected chi connectivity index (χ1v) is 9.51. The van der Waals surface area contributed by atoms with Crippen molar-refractivity contribution in [3.8, 4) is 17.2 Å². The van der Waals surface area contributed by atoms with E-state index in [0.29, 0.717) is 21.9 Å². The van der Waals surface area contributed by atoms with E-state index in [4.69, 9.17) is 21.6 Å². The first-order chi connectivity index (χ1) is 13.5. The Balaban J connectivity index is 2.08. The van der Waals surface area contributed by atoms with Crippen LogP contribution in [-0.4, -0.2) is 29.0 Å². The highest BCUT2D eigenvalue weighted by molar-refractivity contribution is 6.33. The molecular weight excluding hydrogens is 376 g/mol. The number of carbonyl (C=O) groups is 1. The van der Waals surface area contributed by atoms with Crippen molar-refractivity contribution >= 4 is 34.4 Å². The monoisotopic (exact) mass is 396 g/mol. The molecule has 0 saturated heterocycles. The lowest BCUT2D eigenvalue weighted by Crippen LogP contribution is -2.22. The average molecular weight is 397 g/mol. The van der Waals surface area contributed by atoms with Crippen LogP contribution in [0.1, 0.15) is 32.3 Å². The predicted molar refractivity (Wildman–Crippen MR) is 111 cm³/mol. The van der Waals surface area contributed by atoms with Gasteiger partial charge in [0.05, 0.1) is 17.1 Å². The van der Waals surface area contributed by atoms with Gasteiger partial charge < -0.3 is 10.1 Å². The molecule has 6 nitrogen and oxygen atoms in total. The van der Waals surface area contributed by atoms with Crippen LogP contribution in [0, 0.1) is 11.3 Å². The van der Waals surface area contributed by atoms with Crippen LogP contribution in [0.4, 0.5) is 10.6 Å². The van der Waals surface area contributed by atoms with Crippen molar-refractivity contribution < 1.29 is 9.53 Å². The van der Waals surface area contributed by atoms with E-state index in [1.165, 1.54) is 4.68 Å². The Labute approximate surface area is 168 Å². The van der Waals surface area contributed by atoms with E-state index in [-0.39, 0.29) is 6.10 Å². The molecule has 0 spiro atoms. The van der Waals surface area contributed by atoms with Crippen LogP contribution in [0.5, 0.6) is 0 Å². The van der Waals surface area contributed by atoms with Gasteiger partial charge in [0.15, 0.2) is 5.82 Å². The summed E-state index contributed by atoms with van der Waals surface area (Å²) >= 11 is 6.34. The molecule has 1 heterocycles. The number of benzene rings is 2. The van der Waals surface area contributed by atoms with E-state index in [1.807, 2.05) is 32.0 Å². The van der Waals surface area contributed by atoms with Gasteiger partial charge in [-0.3, -0.25) is 0 Å². The Morgan fingerprint density at radius 1 is 1.29 bits per heavy atom. The van der Waals surface area contributed by atoms with E-state index in [0.717, 1.165) is 29.4 Å². The normalized spacial score (nSPS) is 10.9. The Bertz CT molecular complexity index is 1060. The zero-order chi connectivity index (χ0) is 20.3. The van der Waals surface area contributed by atoms with Crippen LogP contribution in [-0.2, 0) is 4.74 Å². The molecule has 3 rings (SSSR count). The number of ether oxygens (including phenoxy) is 1. The molecule has 7 heteroatoms. The number of rotatable bonds is 5. The van der Waals surface area contributed by atoms with Crippen LogP contribution in [0.15, 0.2) is 36.4 Å². The molecule has 0 aliphatic heterocycles. The molecule has 0 amide bonds. The van der Waals surface area contributed by atoms with Gasteiger partial charge >= 0.3 is 6.09 Å². The molecule has 0 aliphatic rings. The highest BCUT2D eigenvalue weighted by Crippen LogP contribution is 2.33. The summed E-state index contributed by atoms with van der Waals surface area (Å²) in [6.45, 7) is 3.96. The number of nitriles is 1. The van der Waals surface area contributed by atoms with Gasteiger partial charge in [-0.15, -0.1) is 5.10 Å². The van der Waals surface area contributed by atoms with E-state index >= 15 is 0 Å². The number of nitrogens with zero attached hydrogens (tertiary/aromatic N) is 3. The average Bonchev–Trinajstić information content (AvgIpc) is 3.10. The maximum Gasteiger partial charge on any atom is 0.435 e. The largest absolute Gasteiger partial charge is 0.445 e. The second-order valence-corrected chi connectivity index (χ2v) is 6.78. The van der Waals surface area contributed by atoms with Crippen LogP contribution < -0.4 is 5.32 Å². The number of halogens is 1. The van der Waals surface area contributed by atoms with E-state index in [1.54, 1.807) is 25.2 Å². The van der Waals surface area contributed by atoms with Crippen molar-refractivity contribution in [3.63, 3.8) is 0 Å². The van der Waals surface area contributed by atoms with Crippen LogP contribution in [0.3, 0.4) is 0 Å². The maximum atomic E-state index is 12.6. The van der Waals surface area contributed by atoms with Gasteiger partial charge in [-0.1, -0.05) is 31.5 Å². The van der Waals surface area contributed by atoms with Crippen molar-refractivity contribution in [1.82, 2.24) is 9.78 Å². The van der Waals surface area contributed by atoms with Gasteiger partial charge in [-0.25, -0.2) is 4.79 Å². The number of carbonyl (C=O) groups excluding carboxylic acids is 1.